The van der Waals surface area contributed by atoms with Crippen LogP contribution in [0.3, 0.4) is 0 Å². The van der Waals surface area contributed by atoms with E-state index in [9.17, 15) is 30.9 Å². The molecule has 0 spiro atoms. The van der Waals surface area contributed by atoms with Gasteiger partial charge in [0.2, 0.25) is 0 Å². The monoisotopic (exact) mass is 545 g/mol. The van der Waals surface area contributed by atoms with Crippen molar-refractivity contribution >= 4 is 0 Å². The fourth-order valence-corrected chi connectivity index (χ4v) is 1.24. The smallest absolute Gasteiger partial charge is 0.822 e. The van der Waals surface area contributed by atoms with Gasteiger partial charge in [-0.05, 0) is 18.2 Å². The van der Waals surface area contributed by atoms with Crippen LogP contribution in [0.5, 0.6) is 17.6 Å². The molecule has 0 saturated heterocycles. The normalized spacial score (nSPS) is 7.71. The summed E-state index contributed by atoms with van der Waals surface area (Å²) < 4.78 is 0.833. The first-order chi connectivity index (χ1) is 11.4. The van der Waals surface area contributed by atoms with Crippen molar-refractivity contribution in [3.63, 3.8) is 0 Å². The first kappa shape index (κ1) is 33.0. The summed E-state index contributed by atoms with van der Waals surface area (Å²) in [6.45, 7) is 0. The summed E-state index contributed by atoms with van der Waals surface area (Å²) in [4.78, 5) is 0. The molecule has 0 aliphatic carbocycles. The van der Waals surface area contributed by atoms with Gasteiger partial charge in [0.05, 0.1) is 0 Å². The summed E-state index contributed by atoms with van der Waals surface area (Å²) in [5, 5.41) is 61.5. The van der Waals surface area contributed by atoms with E-state index in [4.69, 9.17) is 0 Å². The van der Waals surface area contributed by atoms with Crippen molar-refractivity contribution in [2.75, 3.05) is 0 Å². The van der Waals surface area contributed by atoms with Crippen LogP contribution in [0.1, 0.15) is 0 Å². The molecular weight excluding hydrogens is 525 g/mol. The van der Waals surface area contributed by atoms with Gasteiger partial charge in [-0.2, -0.15) is 14.2 Å². The molecule has 28 heavy (non-hydrogen) atoms. The molecule has 3 rings (SSSR count). The predicted molar refractivity (Wildman–Crippen MR) is 87.9 cm³/mol. The molecular formula is C15H20N3O9Tb+2. The Labute approximate surface area is 190 Å². The Bertz CT molecular complexity index is 615. The molecule has 12 nitrogen and oxygen atoms in total. The quantitative estimate of drug-likeness (QED) is 0.153. The van der Waals surface area contributed by atoms with E-state index < -0.39 is 17.6 Å². The maximum Gasteiger partial charge on any atom is 3.00 e. The van der Waals surface area contributed by atoms with Gasteiger partial charge in [-0.1, -0.05) is 18.2 Å². The Balaban J connectivity index is -0.000000144. The molecule has 0 aromatic carbocycles. The zero-order chi connectivity index (χ0) is 17.9. The van der Waals surface area contributed by atoms with Crippen LogP contribution in [0.2, 0.25) is 0 Å². The van der Waals surface area contributed by atoms with E-state index in [1.807, 2.05) is 0 Å². The van der Waals surface area contributed by atoms with Crippen LogP contribution in [0, 0.1) is 54.2 Å². The predicted octanol–water partition coefficient (Wildman–Crippen LogP) is -4.49. The second-order valence-corrected chi connectivity index (χ2v) is 4.09. The fraction of sp³-hybridized carbons (Fsp3) is 0. The Morgan fingerprint density at radius 2 is 0.714 bits per heavy atom. The molecule has 3 aromatic rings. The average Bonchev–Trinajstić information content (AvgIpc) is 2.57. The van der Waals surface area contributed by atoms with Gasteiger partial charge in [0, 0.05) is 18.2 Å². The van der Waals surface area contributed by atoms with Gasteiger partial charge in [0.1, 0.15) is 0 Å². The largest absolute Gasteiger partial charge is 3.00 e. The minimum atomic E-state index is -0.521. The van der Waals surface area contributed by atoms with Gasteiger partial charge in [0.15, 0.2) is 36.2 Å². The SMILES string of the molecule is O.[O-]c1cccc[n+]1[O-].[O-]c1cccc[n+]1[O-].[O-]c1cccc[n+]1[O-].[OH3+].[OH3+].[Tb+3]. The van der Waals surface area contributed by atoms with Gasteiger partial charge >= 0.3 is 38.6 Å². The Morgan fingerprint density at radius 3 is 0.821 bits per heavy atom. The van der Waals surface area contributed by atoms with E-state index in [-0.39, 0.29) is 69.2 Å². The summed E-state index contributed by atoms with van der Waals surface area (Å²) in [5.74, 6) is -1.56. The number of nitrogens with zero attached hydrogens (tertiary/aromatic N) is 3. The van der Waals surface area contributed by atoms with Crippen molar-refractivity contribution in [1.29, 1.82) is 0 Å². The molecule has 8 N–H and O–H groups in total. The molecule has 0 atom stereocenters. The third-order valence-corrected chi connectivity index (χ3v) is 2.37. The molecule has 3 aromatic heterocycles. The van der Waals surface area contributed by atoms with Crippen molar-refractivity contribution in [3.8, 4) is 17.6 Å². The fourth-order valence-electron chi connectivity index (χ4n) is 1.24. The molecule has 0 bridgehead atoms. The summed E-state index contributed by atoms with van der Waals surface area (Å²) in [5.41, 5.74) is 0. The second-order valence-electron chi connectivity index (χ2n) is 4.09. The number of hydrogen-bond donors (Lipinski definition) is 0. The van der Waals surface area contributed by atoms with Crippen molar-refractivity contribution in [1.82, 2.24) is 0 Å². The molecule has 0 saturated carbocycles. The third-order valence-electron chi connectivity index (χ3n) is 2.37. The van der Waals surface area contributed by atoms with Crippen molar-refractivity contribution in [2.24, 2.45) is 0 Å². The second kappa shape index (κ2) is 17.8. The number of pyridine rings is 3. The minimum Gasteiger partial charge on any atom is -0.822 e. The minimum absolute atomic E-state index is 0. The maximum absolute atomic E-state index is 10.3. The topological polar surface area (TPSA) is 248 Å². The Hall–Kier alpha value is -2.58. The summed E-state index contributed by atoms with van der Waals surface area (Å²) >= 11 is 0. The van der Waals surface area contributed by atoms with Crippen molar-refractivity contribution in [2.45, 2.75) is 0 Å². The molecule has 0 fully saturated rings. The standard InChI is InChI=1S/3C5H5NO2.3H2O.Tb/c3*7-5-3-1-2-4-6(5)8;;;;/h3*1-4,7H;3*1H2;/q;;;;;;+3/p-1. The van der Waals surface area contributed by atoms with Crippen molar-refractivity contribution in [3.05, 3.63) is 88.8 Å². The van der Waals surface area contributed by atoms with Crippen LogP contribution in [-0.4, -0.2) is 5.48 Å². The average molecular weight is 545 g/mol. The van der Waals surface area contributed by atoms with Crippen LogP contribution >= 0.6 is 0 Å². The molecule has 0 unspecified atom stereocenters. The van der Waals surface area contributed by atoms with Crippen LogP contribution in [-0.2, 0) is 11.0 Å². The Morgan fingerprint density at radius 1 is 0.500 bits per heavy atom. The molecule has 0 aliphatic heterocycles. The van der Waals surface area contributed by atoms with E-state index in [2.05, 4.69) is 0 Å². The molecule has 0 radical (unpaired) electrons. The number of aromatic nitrogens is 3. The molecule has 156 valence electrons. The molecule has 0 aliphatic rings. The van der Waals surface area contributed by atoms with Crippen molar-refractivity contribution < 1.29 is 84.6 Å². The van der Waals surface area contributed by atoms with Crippen LogP contribution in [0.25, 0.3) is 0 Å². The van der Waals surface area contributed by atoms with E-state index in [1.54, 1.807) is 0 Å². The van der Waals surface area contributed by atoms with E-state index >= 15 is 0 Å². The first-order valence-corrected chi connectivity index (χ1v) is 6.47. The van der Waals surface area contributed by atoms with Gasteiger partial charge in [0.25, 0.3) is 0 Å². The summed E-state index contributed by atoms with van der Waals surface area (Å²) in [6, 6.07) is 12.7. The van der Waals surface area contributed by atoms with Gasteiger partial charge < -0.3 is 47.4 Å². The maximum atomic E-state index is 10.3. The third kappa shape index (κ3) is 12.7. The van der Waals surface area contributed by atoms with Crippen LogP contribution in [0.15, 0.2) is 73.2 Å². The van der Waals surface area contributed by atoms with Crippen LogP contribution < -0.4 is 29.5 Å². The van der Waals surface area contributed by atoms with Gasteiger partial charge in [-0.25, -0.2) is 0 Å². The van der Waals surface area contributed by atoms with Gasteiger partial charge in [-0.15, -0.1) is 0 Å². The molecule has 3 heterocycles. The van der Waals surface area contributed by atoms with Crippen LogP contribution in [0.4, 0.5) is 0 Å². The van der Waals surface area contributed by atoms with E-state index in [0.29, 0.717) is 0 Å². The zero-order valence-corrected chi connectivity index (χ0v) is 16.3. The molecule has 13 heteroatoms. The Kier molecular flexibility index (Phi) is 21.0. The number of hydrogen-bond acceptors (Lipinski definition) is 6. The summed E-state index contributed by atoms with van der Waals surface area (Å²) in [6.07, 6.45) is 3.51. The van der Waals surface area contributed by atoms with Gasteiger partial charge in [-0.3, -0.25) is 0 Å². The van der Waals surface area contributed by atoms with E-state index in [1.165, 1.54) is 73.2 Å². The molecule has 0 amide bonds. The number of rotatable bonds is 0. The first-order valence-electron chi connectivity index (χ1n) is 6.47. The summed E-state index contributed by atoms with van der Waals surface area (Å²) in [7, 11) is 0. The zero-order valence-electron chi connectivity index (χ0n) is 14.2. The van der Waals surface area contributed by atoms with E-state index in [0.717, 1.165) is 0 Å².